The number of hydrogen-bond donors (Lipinski definition) is 1. The molecule has 0 bridgehead atoms. The molecule has 0 radical (unpaired) electrons. The first kappa shape index (κ1) is 36.4. The smallest absolute Gasteiger partial charge is 0.320 e. The van der Waals surface area contributed by atoms with E-state index in [2.05, 4.69) is 57.8 Å². The van der Waals surface area contributed by atoms with Crippen LogP contribution in [-0.2, 0) is 17.6 Å². The van der Waals surface area contributed by atoms with Gasteiger partial charge in [0.1, 0.15) is 17.7 Å². The van der Waals surface area contributed by atoms with Crippen molar-refractivity contribution in [3.63, 3.8) is 0 Å². The molecular weight excluding hydrogens is 731 g/mol. The molecule has 1 saturated heterocycles. The minimum Gasteiger partial charge on any atom is -0.480 e. The van der Waals surface area contributed by atoms with Crippen molar-refractivity contribution in [1.29, 1.82) is 0 Å². The van der Waals surface area contributed by atoms with Crippen LogP contribution in [0.4, 0.5) is 8.78 Å². The second-order valence-corrected chi connectivity index (χ2v) is 13.6. The van der Waals surface area contributed by atoms with Gasteiger partial charge in [-0.15, -0.1) is 12.4 Å². The number of hydrogen-bond acceptors (Lipinski definition) is 4. The predicted octanol–water partition coefficient (Wildman–Crippen LogP) is 10.2. The molecule has 44 heavy (non-hydrogen) atoms. The minimum absolute atomic E-state index is 0. The zero-order chi connectivity index (χ0) is 30.4. The second-order valence-electron chi connectivity index (χ2n) is 10.3. The zero-order valence-electron chi connectivity index (χ0n) is 24.3. The average molecular weight is 768 g/mol. The van der Waals surface area contributed by atoms with Gasteiger partial charge in [0.2, 0.25) is 0 Å². The molecule has 234 valence electrons. The van der Waals surface area contributed by atoms with Gasteiger partial charge in [0, 0.05) is 19.6 Å². The first-order chi connectivity index (χ1) is 20.9. The minimum atomic E-state index is -0.709. The Morgan fingerprint density at radius 2 is 1.32 bits per heavy atom. The maximum absolute atomic E-state index is 13.4. The van der Waals surface area contributed by atoms with Crippen molar-refractivity contribution in [2.24, 2.45) is 0 Å². The Labute approximate surface area is 287 Å². The Bertz CT molecular complexity index is 1480. The molecule has 1 aliphatic heterocycles. The normalized spacial score (nSPS) is 14.4. The zero-order valence-corrected chi connectivity index (χ0v) is 28.9. The molecular formula is C35H37ClF2INO2S2. The van der Waals surface area contributed by atoms with Crippen molar-refractivity contribution < 1.29 is 18.7 Å². The number of rotatable bonds is 12. The van der Waals surface area contributed by atoms with Gasteiger partial charge in [-0.2, -0.15) is 0 Å². The van der Waals surface area contributed by atoms with E-state index in [0.717, 1.165) is 64.3 Å². The van der Waals surface area contributed by atoms with E-state index in [1.807, 2.05) is 30.3 Å². The summed E-state index contributed by atoms with van der Waals surface area (Å²) in [5.74, 6) is -1.11. The van der Waals surface area contributed by atoms with E-state index in [4.69, 9.17) is 0 Å². The third kappa shape index (κ3) is 11.7. The molecule has 0 saturated carbocycles. The Hall–Kier alpha value is -2.11. The number of carbonyl (C=O) groups is 1. The van der Waals surface area contributed by atoms with Crippen LogP contribution >= 0.6 is 58.5 Å². The number of carboxylic acid groups (broad SMARTS) is 1. The number of nitrogens with zero attached hydrogens (tertiary/aromatic N) is 1. The summed E-state index contributed by atoms with van der Waals surface area (Å²) in [4.78, 5) is 17.5. The molecule has 0 amide bonds. The number of aryl methyl sites for hydroxylation is 2. The van der Waals surface area contributed by atoms with Crippen molar-refractivity contribution in [2.45, 2.75) is 64.1 Å². The molecule has 1 N–H and O–H groups in total. The van der Waals surface area contributed by atoms with Gasteiger partial charge in [-0.25, -0.2) is 8.78 Å². The average Bonchev–Trinajstić information content (AvgIpc) is 3.47. The largest absolute Gasteiger partial charge is 0.480 e. The number of likely N-dealkylation sites (tertiary alicyclic amines) is 1. The molecule has 1 heterocycles. The van der Waals surface area contributed by atoms with Crippen LogP contribution in [0.15, 0.2) is 117 Å². The van der Waals surface area contributed by atoms with Gasteiger partial charge in [0.05, 0.1) is 0 Å². The molecule has 0 aromatic heterocycles. The molecule has 4 aromatic rings. The molecule has 1 aliphatic rings. The highest BCUT2D eigenvalue weighted by Crippen LogP contribution is 2.32. The SMILES string of the molecule is Cl.Fc1cccc(Sc2ccccc2CCCI)c1.O=C(O)[C@@H]1CCCN1CCCc1ccccc1Sc1cccc(F)c1. The Morgan fingerprint density at radius 3 is 1.82 bits per heavy atom. The molecule has 0 spiro atoms. The summed E-state index contributed by atoms with van der Waals surface area (Å²) in [6.07, 6.45) is 5.79. The van der Waals surface area contributed by atoms with E-state index in [1.165, 1.54) is 34.6 Å². The number of halogens is 4. The van der Waals surface area contributed by atoms with Gasteiger partial charge in [0.25, 0.3) is 0 Å². The van der Waals surface area contributed by atoms with Gasteiger partial charge >= 0.3 is 5.97 Å². The second kappa shape index (κ2) is 19.4. The summed E-state index contributed by atoms with van der Waals surface area (Å²) in [5, 5.41) is 9.26. The van der Waals surface area contributed by atoms with Crippen LogP contribution in [0.1, 0.15) is 36.8 Å². The van der Waals surface area contributed by atoms with Gasteiger partial charge in [-0.05, 0) is 116 Å². The maximum Gasteiger partial charge on any atom is 0.320 e. The maximum atomic E-state index is 13.4. The molecule has 1 fully saturated rings. The summed E-state index contributed by atoms with van der Waals surface area (Å²) in [6, 6.07) is 29.6. The summed E-state index contributed by atoms with van der Waals surface area (Å²) in [7, 11) is 0. The van der Waals surface area contributed by atoms with Gasteiger partial charge in [-0.3, -0.25) is 9.69 Å². The quantitative estimate of drug-likeness (QED) is 0.115. The van der Waals surface area contributed by atoms with Crippen molar-refractivity contribution >= 4 is 64.5 Å². The van der Waals surface area contributed by atoms with Crippen molar-refractivity contribution in [3.8, 4) is 0 Å². The lowest BCUT2D eigenvalue weighted by Gasteiger charge is -2.21. The van der Waals surface area contributed by atoms with Crippen molar-refractivity contribution in [3.05, 3.63) is 120 Å². The molecule has 3 nitrogen and oxygen atoms in total. The summed E-state index contributed by atoms with van der Waals surface area (Å²) < 4.78 is 27.7. The van der Waals surface area contributed by atoms with Crippen LogP contribution in [-0.4, -0.2) is 39.5 Å². The standard InChI is InChI=1S/C20H22FNO2S.C15H14FIS.ClH/c21-16-8-3-9-17(14-16)25-19-11-2-1-6-15(19)7-4-12-22-13-5-10-18(22)20(23)24;16-13-7-3-8-14(11-13)18-15-9-2-1-5-12(15)6-4-10-17;/h1-3,6,8-9,11,14,18H,4-5,7,10,12-13H2,(H,23,24);1-3,5,7-9,11H,4,6,10H2;1H/t18-;;/m0../s1. The van der Waals surface area contributed by atoms with Gasteiger partial charge in [0.15, 0.2) is 0 Å². The molecule has 0 unspecified atom stereocenters. The fourth-order valence-electron chi connectivity index (χ4n) is 5.04. The molecule has 0 aliphatic carbocycles. The highest BCUT2D eigenvalue weighted by atomic mass is 127. The van der Waals surface area contributed by atoms with Crippen LogP contribution in [0, 0.1) is 11.6 Å². The summed E-state index contributed by atoms with van der Waals surface area (Å²) in [6.45, 7) is 1.67. The molecule has 1 atom stereocenters. The van der Waals surface area contributed by atoms with Crippen LogP contribution in [0.3, 0.4) is 0 Å². The Balaban J connectivity index is 0.000000247. The summed E-state index contributed by atoms with van der Waals surface area (Å²) >= 11 is 5.60. The lowest BCUT2D eigenvalue weighted by Crippen LogP contribution is -2.36. The Morgan fingerprint density at radius 1 is 0.795 bits per heavy atom. The van der Waals surface area contributed by atoms with E-state index in [1.54, 1.807) is 47.8 Å². The topological polar surface area (TPSA) is 40.5 Å². The fourth-order valence-corrected chi connectivity index (χ4v) is 7.46. The lowest BCUT2D eigenvalue weighted by atomic mass is 10.1. The third-order valence-corrected chi connectivity index (χ3v) is 10.1. The van der Waals surface area contributed by atoms with Crippen LogP contribution in [0.5, 0.6) is 0 Å². The van der Waals surface area contributed by atoms with E-state index in [0.29, 0.717) is 0 Å². The van der Waals surface area contributed by atoms with E-state index in [9.17, 15) is 18.7 Å². The van der Waals surface area contributed by atoms with E-state index >= 15 is 0 Å². The molecule has 4 aromatic carbocycles. The fraction of sp³-hybridized carbons (Fsp3) is 0.286. The van der Waals surface area contributed by atoms with Crippen molar-refractivity contribution in [1.82, 2.24) is 4.90 Å². The predicted molar refractivity (Wildman–Crippen MR) is 189 cm³/mol. The first-order valence-corrected chi connectivity index (χ1v) is 17.6. The number of aliphatic carboxylic acids is 1. The molecule has 5 rings (SSSR count). The van der Waals surface area contributed by atoms with E-state index < -0.39 is 5.97 Å². The van der Waals surface area contributed by atoms with Gasteiger partial charge in [-0.1, -0.05) is 94.6 Å². The van der Waals surface area contributed by atoms with Gasteiger partial charge < -0.3 is 5.11 Å². The monoisotopic (exact) mass is 767 g/mol. The highest BCUT2D eigenvalue weighted by Gasteiger charge is 2.29. The molecule has 9 heteroatoms. The lowest BCUT2D eigenvalue weighted by molar-refractivity contribution is -0.142. The number of alkyl halides is 1. The third-order valence-electron chi connectivity index (χ3n) is 7.11. The first-order valence-electron chi connectivity index (χ1n) is 14.5. The van der Waals surface area contributed by atoms with Crippen LogP contribution in [0.2, 0.25) is 0 Å². The Kier molecular flexibility index (Phi) is 16.0. The number of benzene rings is 4. The van der Waals surface area contributed by atoms with Crippen LogP contribution in [0.25, 0.3) is 0 Å². The highest BCUT2D eigenvalue weighted by molar-refractivity contribution is 14.1. The number of carboxylic acids is 1. The van der Waals surface area contributed by atoms with Crippen LogP contribution < -0.4 is 0 Å². The summed E-state index contributed by atoms with van der Waals surface area (Å²) in [5.41, 5.74) is 2.58. The van der Waals surface area contributed by atoms with E-state index in [-0.39, 0.29) is 30.1 Å². The van der Waals surface area contributed by atoms with Crippen molar-refractivity contribution in [2.75, 3.05) is 17.5 Å².